The second-order valence-electron chi connectivity index (χ2n) is 4.95. The summed E-state index contributed by atoms with van der Waals surface area (Å²) >= 11 is 5.42. The van der Waals surface area contributed by atoms with Crippen molar-refractivity contribution in [3.05, 3.63) is 28.7 Å². The molecule has 0 saturated carbocycles. The van der Waals surface area contributed by atoms with Crippen molar-refractivity contribution in [2.24, 2.45) is 0 Å². The summed E-state index contributed by atoms with van der Waals surface area (Å²) in [6, 6.07) is 9.23. The highest BCUT2D eigenvalue weighted by Gasteiger charge is 2.06. The van der Waals surface area contributed by atoms with Gasteiger partial charge in [-0.25, -0.2) is 0 Å². The standard InChI is InChI=1S/C16H26BrNS/c1-3-4-5-6-7-8-15(18-2)13-19-16-11-9-14(17)10-12-16/h9-12,15,18H,3-8,13H2,1-2H3. The van der Waals surface area contributed by atoms with Gasteiger partial charge in [0.2, 0.25) is 0 Å². The second kappa shape index (κ2) is 10.8. The van der Waals surface area contributed by atoms with Gasteiger partial charge in [0.1, 0.15) is 0 Å². The molecule has 0 fully saturated rings. The lowest BCUT2D eigenvalue weighted by molar-refractivity contribution is 0.518. The topological polar surface area (TPSA) is 12.0 Å². The van der Waals surface area contributed by atoms with Gasteiger partial charge in [-0.15, -0.1) is 11.8 Å². The number of hydrogen-bond donors (Lipinski definition) is 1. The molecule has 1 unspecified atom stereocenters. The van der Waals surface area contributed by atoms with E-state index in [2.05, 4.69) is 59.5 Å². The summed E-state index contributed by atoms with van der Waals surface area (Å²) in [5, 5.41) is 3.44. The Hall–Kier alpha value is 0.01000. The van der Waals surface area contributed by atoms with Gasteiger partial charge in [0.05, 0.1) is 0 Å². The largest absolute Gasteiger partial charge is 0.316 e. The first-order valence-electron chi connectivity index (χ1n) is 7.32. The summed E-state index contributed by atoms with van der Waals surface area (Å²) < 4.78 is 1.15. The molecular formula is C16H26BrNS. The molecule has 1 aromatic rings. The number of halogens is 1. The lowest BCUT2D eigenvalue weighted by Gasteiger charge is -2.15. The van der Waals surface area contributed by atoms with Crippen molar-refractivity contribution < 1.29 is 0 Å². The minimum atomic E-state index is 0.635. The van der Waals surface area contributed by atoms with E-state index in [1.54, 1.807) is 0 Å². The van der Waals surface area contributed by atoms with E-state index >= 15 is 0 Å². The quantitative estimate of drug-likeness (QED) is 0.445. The zero-order chi connectivity index (χ0) is 13.9. The fourth-order valence-electron chi connectivity index (χ4n) is 2.03. The molecule has 0 amide bonds. The molecule has 1 atom stereocenters. The molecule has 0 radical (unpaired) electrons. The van der Waals surface area contributed by atoms with Crippen LogP contribution in [0.4, 0.5) is 0 Å². The average Bonchev–Trinajstić information content (AvgIpc) is 2.44. The van der Waals surface area contributed by atoms with Gasteiger partial charge in [0, 0.05) is 21.2 Å². The molecule has 0 aromatic heterocycles. The van der Waals surface area contributed by atoms with E-state index in [1.807, 2.05) is 11.8 Å². The smallest absolute Gasteiger partial charge is 0.0176 e. The van der Waals surface area contributed by atoms with Gasteiger partial charge in [0.15, 0.2) is 0 Å². The highest BCUT2D eigenvalue weighted by atomic mass is 79.9. The number of nitrogens with one attached hydrogen (secondary N) is 1. The van der Waals surface area contributed by atoms with Crippen molar-refractivity contribution in [3.8, 4) is 0 Å². The predicted molar refractivity (Wildman–Crippen MR) is 91.1 cm³/mol. The Morgan fingerprint density at radius 2 is 1.79 bits per heavy atom. The van der Waals surface area contributed by atoms with Crippen molar-refractivity contribution in [3.63, 3.8) is 0 Å². The summed E-state index contributed by atoms with van der Waals surface area (Å²) in [6.07, 6.45) is 8.14. The number of thioether (sulfide) groups is 1. The summed E-state index contributed by atoms with van der Waals surface area (Å²) in [7, 11) is 2.08. The molecule has 1 aromatic carbocycles. The molecule has 0 aliphatic carbocycles. The van der Waals surface area contributed by atoms with E-state index in [1.165, 1.54) is 43.4 Å². The number of unbranched alkanes of at least 4 members (excludes halogenated alkanes) is 4. The Kier molecular flexibility index (Phi) is 9.66. The number of benzene rings is 1. The van der Waals surface area contributed by atoms with Crippen LogP contribution in [0, 0.1) is 0 Å². The van der Waals surface area contributed by atoms with Gasteiger partial charge >= 0.3 is 0 Å². The second-order valence-corrected chi connectivity index (χ2v) is 6.96. The number of rotatable bonds is 10. The van der Waals surface area contributed by atoms with Crippen LogP contribution in [0.2, 0.25) is 0 Å². The average molecular weight is 344 g/mol. The van der Waals surface area contributed by atoms with Crippen LogP contribution in [0.1, 0.15) is 45.4 Å². The Morgan fingerprint density at radius 1 is 1.11 bits per heavy atom. The first-order valence-corrected chi connectivity index (χ1v) is 9.09. The minimum absolute atomic E-state index is 0.635. The molecule has 3 heteroatoms. The van der Waals surface area contributed by atoms with Gasteiger partial charge in [-0.05, 0) is 37.7 Å². The van der Waals surface area contributed by atoms with Gasteiger partial charge in [-0.3, -0.25) is 0 Å². The Labute approximate surface area is 131 Å². The molecule has 19 heavy (non-hydrogen) atoms. The highest BCUT2D eigenvalue weighted by Crippen LogP contribution is 2.22. The monoisotopic (exact) mass is 343 g/mol. The molecule has 0 aliphatic heterocycles. The normalized spacial score (nSPS) is 12.6. The van der Waals surface area contributed by atoms with E-state index in [0.717, 1.165) is 10.2 Å². The fraction of sp³-hybridized carbons (Fsp3) is 0.625. The Balaban J connectivity index is 2.19. The first kappa shape index (κ1) is 17.1. The van der Waals surface area contributed by atoms with E-state index < -0.39 is 0 Å². The zero-order valence-corrected chi connectivity index (χ0v) is 14.5. The van der Waals surface area contributed by atoms with Crippen LogP contribution in [0.5, 0.6) is 0 Å². The molecule has 1 N–H and O–H groups in total. The third-order valence-corrected chi connectivity index (χ3v) is 5.03. The van der Waals surface area contributed by atoms with Gasteiger partial charge in [-0.2, -0.15) is 0 Å². The Bertz CT molecular complexity index is 326. The summed E-state index contributed by atoms with van der Waals surface area (Å²) in [6.45, 7) is 2.27. The highest BCUT2D eigenvalue weighted by molar-refractivity contribution is 9.10. The molecule has 0 spiro atoms. The molecule has 1 nitrogen and oxygen atoms in total. The molecule has 0 saturated heterocycles. The predicted octanol–water partition coefficient (Wildman–Crippen LogP) is 5.49. The third-order valence-electron chi connectivity index (χ3n) is 3.33. The molecule has 108 valence electrons. The van der Waals surface area contributed by atoms with Gasteiger partial charge < -0.3 is 5.32 Å². The summed E-state index contributed by atoms with van der Waals surface area (Å²) in [5.41, 5.74) is 0. The molecule has 1 rings (SSSR count). The van der Waals surface area contributed by atoms with Crippen molar-refractivity contribution in [1.82, 2.24) is 5.32 Å². The maximum Gasteiger partial charge on any atom is 0.0176 e. The lowest BCUT2D eigenvalue weighted by Crippen LogP contribution is -2.27. The van der Waals surface area contributed by atoms with Crippen molar-refractivity contribution >= 4 is 27.7 Å². The van der Waals surface area contributed by atoms with Crippen LogP contribution >= 0.6 is 27.7 Å². The van der Waals surface area contributed by atoms with Crippen molar-refractivity contribution in [1.29, 1.82) is 0 Å². The fourth-order valence-corrected chi connectivity index (χ4v) is 3.35. The van der Waals surface area contributed by atoms with Crippen LogP contribution < -0.4 is 5.32 Å². The van der Waals surface area contributed by atoms with Gasteiger partial charge in [-0.1, -0.05) is 55.0 Å². The van der Waals surface area contributed by atoms with E-state index in [4.69, 9.17) is 0 Å². The molecule has 0 aliphatic rings. The third kappa shape index (κ3) is 8.01. The maximum absolute atomic E-state index is 3.47. The van der Waals surface area contributed by atoms with E-state index in [9.17, 15) is 0 Å². The van der Waals surface area contributed by atoms with Crippen molar-refractivity contribution in [2.75, 3.05) is 12.8 Å². The maximum atomic E-state index is 3.47. The van der Waals surface area contributed by atoms with Crippen LogP contribution in [0.25, 0.3) is 0 Å². The molecule has 0 bridgehead atoms. The van der Waals surface area contributed by atoms with Crippen molar-refractivity contribution in [2.45, 2.75) is 56.4 Å². The van der Waals surface area contributed by atoms with Crippen LogP contribution in [-0.2, 0) is 0 Å². The SMILES string of the molecule is CCCCCCCC(CSc1ccc(Br)cc1)NC. The zero-order valence-electron chi connectivity index (χ0n) is 12.1. The summed E-state index contributed by atoms with van der Waals surface area (Å²) in [4.78, 5) is 1.36. The number of hydrogen-bond acceptors (Lipinski definition) is 2. The van der Waals surface area contributed by atoms with Crippen LogP contribution in [0.3, 0.4) is 0 Å². The van der Waals surface area contributed by atoms with Gasteiger partial charge in [0.25, 0.3) is 0 Å². The Morgan fingerprint density at radius 3 is 2.42 bits per heavy atom. The summed E-state index contributed by atoms with van der Waals surface area (Å²) in [5.74, 6) is 1.16. The molecular weight excluding hydrogens is 318 g/mol. The lowest BCUT2D eigenvalue weighted by atomic mass is 10.1. The van der Waals surface area contributed by atoms with E-state index in [-0.39, 0.29) is 0 Å². The minimum Gasteiger partial charge on any atom is -0.316 e. The first-order chi connectivity index (χ1) is 9.26. The van der Waals surface area contributed by atoms with Crippen LogP contribution in [-0.4, -0.2) is 18.8 Å². The van der Waals surface area contributed by atoms with Crippen LogP contribution in [0.15, 0.2) is 33.6 Å². The van der Waals surface area contributed by atoms with E-state index in [0.29, 0.717) is 6.04 Å². The molecule has 0 heterocycles.